The van der Waals surface area contributed by atoms with Gasteiger partial charge in [0.05, 0.1) is 24.1 Å². The van der Waals surface area contributed by atoms with Crippen LogP contribution < -0.4 is 0 Å². The number of carbonyl (C=O) groups excluding carboxylic acids is 1. The van der Waals surface area contributed by atoms with Crippen LogP contribution in [0.4, 0.5) is 0 Å². The molecular formula is C11H10ClNO2. The highest BCUT2D eigenvalue weighted by atomic mass is 35.5. The molecule has 0 atom stereocenters. The van der Waals surface area contributed by atoms with Crippen LogP contribution >= 0.6 is 11.6 Å². The Morgan fingerprint density at radius 2 is 2.27 bits per heavy atom. The van der Waals surface area contributed by atoms with Crippen LogP contribution in [-0.2, 0) is 16.0 Å². The molecule has 0 amide bonds. The Labute approximate surface area is 93.2 Å². The second-order valence-electron chi connectivity index (χ2n) is 3.13. The number of hydrogen-bond acceptors (Lipinski definition) is 3. The first-order valence-electron chi connectivity index (χ1n) is 4.34. The zero-order valence-corrected chi connectivity index (χ0v) is 9.26. The minimum atomic E-state index is -0.324. The van der Waals surface area contributed by atoms with Crippen molar-refractivity contribution >= 4 is 17.6 Å². The molecule has 0 saturated heterocycles. The predicted molar refractivity (Wildman–Crippen MR) is 56.6 cm³/mol. The lowest BCUT2D eigenvalue weighted by Crippen LogP contribution is -2.05. The van der Waals surface area contributed by atoms with Crippen LogP contribution in [0.3, 0.4) is 0 Å². The van der Waals surface area contributed by atoms with E-state index in [0.29, 0.717) is 10.6 Å². The molecule has 0 radical (unpaired) electrons. The van der Waals surface area contributed by atoms with E-state index in [4.69, 9.17) is 16.9 Å². The molecule has 4 heteroatoms. The third-order valence-corrected chi connectivity index (χ3v) is 2.33. The predicted octanol–water partition coefficient (Wildman–Crippen LogP) is 2.24. The number of ether oxygens (including phenoxy) is 1. The number of carbonyl (C=O) groups is 1. The number of halogens is 1. The Kier molecular flexibility index (Phi) is 3.70. The third kappa shape index (κ3) is 2.71. The lowest BCUT2D eigenvalue weighted by molar-refractivity contribution is -0.139. The standard InChI is InChI=1S/C11H10ClNO2/c1-7-3-8(5-11(14)15-2)4-10(12)9(7)6-13/h3-4H,5H2,1-2H3. The summed E-state index contributed by atoms with van der Waals surface area (Å²) in [6, 6.07) is 5.39. The average molecular weight is 224 g/mol. The molecule has 0 saturated carbocycles. The highest BCUT2D eigenvalue weighted by molar-refractivity contribution is 6.31. The lowest BCUT2D eigenvalue weighted by atomic mass is 10.0. The van der Waals surface area contributed by atoms with E-state index < -0.39 is 0 Å². The molecule has 0 aliphatic rings. The second-order valence-corrected chi connectivity index (χ2v) is 3.54. The van der Waals surface area contributed by atoms with Crippen molar-refractivity contribution in [3.8, 4) is 6.07 Å². The molecule has 15 heavy (non-hydrogen) atoms. The molecule has 1 aromatic carbocycles. The van der Waals surface area contributed by atoms with Crippen molar-refractivity contribution < 1.29 is 9.53 Å². The van der Waals surface area contributed by atoms with Gasteiger partial charge >= 0.3 is 5.97 Å². The highest BCUT2D eigenvalue weighted by Gasteiger charge is 2.09. The van der Waals surface area contributed by atoms with E-state index in [1.807, 2.05) is 6.07 Å². The number of hydrogen-bond donors (Lipinski definition) is 0. The number of rotatable bonds is 2. The highest BCUT2D eigenvalue weighted by Crippen LogP contribution is 2.21. The van der Waals surface area contributed by atoms with E-state index in [0.717, 1.165) is 11.1 Å². The van der Waals surface area contributed by atoms with Crippen LogP contribution in [0.25, 0.3) is 0 Å². The first-order valence-corrected chi connectivity index (χ1v) is 4.72. The van der Waals surface area contributed by atoms with Crippen molar-refractivity contribution in [1.82, 2.24) is 0 Å². The summed E-state index contributed by atoms with van der Waals surface area (Å²) in [5.74, 6) is -0.324. The van der Waals surface area contributed by atoms with Gasteiger partial charge in [-0.05, 0) is 24.1 Å². The topological polar surface area (TPSA) is 50.1 Å². The molecule has 1 aromatic rings. The average Bonchev–Trinajstić information content (AvgIpc) is 2.17. The Morgan fingerprint density at radius 3 is 2.73 bits per heavy atom. The van der Waals surface area contributed by atoms with E-state index in [-0.39, 0.29) is 12.4 Å². The SMILES string of the molecule is COC(=O)Cc1cc(C)c(C#N)c(Cl)c1. The Morgan fingerprint density at radius 1 is 1.60 bits per heavy atom. The third-order valence-electron chi connectivity index (χ3n) is 2.04. The molecule has 3 nitrogen and oxygen atoms in total. The summed E-state index contributed by atoms with van der Waals surface area (Å²) in [6.07, 6.45) is 0.169. The van der Waals surface area contributed by atoms with Gasteiger partial charge < -0.3 is 4.74 Å². The van der Waals surface area contributed by atoms with Crippen molar-refractivity contribution in [2.24, 2.45) is 0 Å². The van der Waals surface area contributed by atoms with Crippen LogP contribution in [0.2, 0.25) is 5.02 Å². The molecule has 0 unspecified atom stereocenters. The summed E-state index contributed by atoms with van der Waals surface area (Å²) in [6.45, 7) is 1.78. The zero-order chi connectivity index (χ0) is 11.4. The molecule has 0 bridgehead atoms. The van der Waals surface area contributed by atoms with Crippen LogP contribution in [0, 0.1) is 18.3 Å². The monoisotopic (exact) mass is 223 g/mol. The quantitative estimate of drug-likeness (QED) is 0.723. The summed E-state index contributed by atoms with van der Waals surface area (Å²) in [7, 11) is 1.33. The minimum Gasteiger partial charge on any atom is -0.469 e. The van der Waals surface area contributed by atoms with Gasteiger partial charge in [0.1, 0.15) is 6.07 Å². The van der Waals surface area contributed by atoms with Gasteiger partial charge in [-0.15, -0.1) is 0 Å². The van der Waals surface area contributed by atoms with Gasteiger partial charge in [-0.25, -0.2) is 0 Å². The Balaban J connectivity index is 3.05. The fraction of sp³-hybridized carbons (Fsp3) is 0.273. The number of esters is 1. The number of aryl methyl sites for hydroxylation is 1. The molecule has 78 valence electrons. The van der Waals surface area contributed by atoms with Crippen LogP contribution in [0.15, 0.2) is 12.1 Å². The van der Waals surface area contributed by atoms with Crippen molar-refractivity contribution in [1.29, 1.82) is 5.26 Å². The van der Waals surface area contributed by atoms with Gasteiger partial charge in [0.15, 0.2) is 0 Å². The van der Waals surface area contributed by atoms with Gasteiger partial charge in [0, 0.05) is 0 Å². The van der Waals surface area contributed by atoms with E-state index in [2.05, 4.69) is 4.74 Å². The van der Waals surface area contributed by atoms with Gasteiger partial charge in [-0.2, -0.15) is 5.26 Å². The molecule has 1 rings (SSSR count). The van der Waals surface area contributed by atoms with Crippen molar-refractivity contribution in [2.75, 3.05) is 7.11 Å². The van der Waals surface area contributed by atoms with Crippen LogP contribution in [-0.4, -0.2) is 13.1 Å². The maximum Gasteiger partial charge on any atom is 0.309 e. The molecule has 0 heterocycles. The fourth-order valence-electron chi connectivity index (χ4n) is 1.30. The lowest BCUT2D eigenvalue weighted by Gasteiger charge is -2.05. The number of nitriles is 1. The largest absolute Gasteiger partial charge is 0.469 e. The number of benzene rings is 1. The molecule has 0 aliphatic carbocycles. The summed E-state index contributed by atoms with van der Waals surface area (Å²) < 4.78 is 4.54. The maximum atomic E-state index is 11.0. The summed E-state index contributed by atoms with van der Waals surface area (Å²) in [5, 5.41) is 9.16. The summed E-state index contributed by atoms with van der Waals surface area (Å²) in [4.78, 5) is 11.0. The fourth-order valence-corrected chi connectivity index (χ4v) is 1.63. The van der Waals surface area contributed by atoms with Gasteiger partial charge in [0.2, 0.25) is 0 Å². The number of nitrogens with zero attached hydrogens (tertiary/aromatic N) is 1. The van der Waals surface area contributed by atoms with Crippen molar-refractivity contribution in [3.63, 3.8) is 0 Å². The van der Waals surface area contributed by atoms with E-state index in [9.17, 15) is 4.79 Å². The summed E-state index contributed by atoms with van der Waals surface area (Å²) >= 11 is 5.89. The van der Waals surface area contributed by atoms with E-state index >= 15 is 0 Å². The van der Waals surface area contributed by atoms with E-state index in [1.54, 1.807) is 19.1 Å². The summed E-state index contributed by atoms with van der Waals surface area (Å²) in [5.41, 5.74) is 1.97. The van der Waals surface area contributed by atoms with Gasteiger partial charge in [-0.1, -0.05) is 17.7 Å². The molecule has 0 aromatic heterocycles. The van der Waals surface area contributed by atoms with Crippen LogP contribution in [0.5, 0.6) is 0 Å². The van der Waals surface area contributed by atoms with Gasteiger partial charge in [0.25, 0.3) is 0 Å². The maximum absolute atomic E-state index is 11.0. The van der Waals surface area contributed by atoms with Crippen LogP contribution in [0.1, 0.15) is 16.7 Å². The minimum absolute atomic E-state index is 0.169. The first kappa shape index (κ1) is 11.5. The molecule has 0 fully saturated rings. The molecule has 0 N–H and O–H groups in total. The Hall–Kier alpha value is -1.53. The van der Waals surface area contributed by atoms with E-state index in [1.165, 1.54) is 7.11 Å². The zero-order valence-electron chi connectivity index (χ0n) is 8.50. The Bertz CT molecular complexity index is 412. The van der Waals surface area contributed by atoms with Crippen molar-refractivity contribution in [3.05, 3.63) is 33.8 Å². The second kappa shape index (κ2) is 4.81. The number of methoxy groups -OCH3 is 1. The smallest absolute Gasteiger partial charge is 0.309 e. The first-order chi connectivity index (χ1) is 7.08. The van der Waals surface area contributed by atoms with Gasteiger partial charge in [-0.3, -0.25) is 4.79 Å². The normalized spacial score (nSPS) is 9.47. The molecule has 0 spiro atoms. The molecule has 0 aliphatic heterocycles. The van der Waals surface area contributed by atoms with Crippen molar-refractivity contribution in [2.45, 2.75) is 13.3 Å². The molecular weight excluding hydrogens is 214 g/mol.